The smallest absolute Gasteiger partial charge is 0.248 e. The van der Waals surface area contributed by atoms with Gasteiger partial charge in [-0.05, 0) is 31.0 Å². The second-order valence-corrected chi connectivity index (χ2v) is 4.90. The van der Waals surface area contributed by atoms with E-state index in [0.717, 1.165) is 31.4 Å². The fourth-order valence-electron chi connectivity index (χ4n) is 2.43. The number of carbonyl (C=O) groups is 1. The van der Waals surface area contributed by atoms with Crippen LogP contribution >= 0.6 is 0 Å². The maximum atomic E-state index is 11.1. The highest BCUT2D eigenvalue weighted by atomic mass is 16.3. The second kappa shape index (κ2) is 5.87. The number of nitrogens with two attached hydrogens (primary N) is 1. The molecule has 1 aromatic carbocycles. The minimum absolute atomic E-state index is 0.0654. The third-order valence-corrected chi connectivity index (χ3v) is 3.48. The number of amides is 1. The summed E-state index contributed by atoms with van der Waals surface area (Å²) < 4.78 is 0. The van der Waals surface area contributed by atoms with Crippen molar-refractivity contribution in [1.82, 2.24) is 0 Å². The molecule has 4 N–H and O–H groups in total. The molecule has 18 heavy (non-hydrogen) atoms. The van der Waals surface area contributed by atoms with Gasteiger partial charge in [0.1, 0.15) is 0 Å². The molecule has 0 aromatic heterocycles. The summed E-state index contributed by atoms with van der Waals surface area (Å²) in [5, 5.41) is 13.3. The Labute approximate surface area is 107 Å². The highest BCUT2D eigenvalue weighted by Crippen LogP contribution is 2.22. The van der Waals surface area contributed by atoms with Crippen LogP contribution in [0.25, 0.3) is 0 Å². The molecule has 0 saturated heterocycles. The zero-order valence-corrected chi connectivity index (χ0v) is 10.4. The Balaban J connectivity index is 2.07. The van der Waals surface area contributed by atoms with Gasteiger partial charge in [-0.3, -0.25) is 4.79 Å². The Morgan fingerprint density at radius 3 is 2.83 bits per heavy atom. The topological polar surface area (TPSA) is 75.4 Å². The lowest BCUT2D eigenvalue weighted by atomic mass is 10.1. The number of hydrogen-bond donors (Lipinski definition) is 3. The first-order chi connectivity index (χ1) is 8.66. The number of aliphatic hydroxyl groups is 1. The van der Waals surface area contributed by atoms with E-state index >= 15 is 0 Å². The van der Waals surface area contributed by atoms with Gasteiger partial charge in [0.05, 0.1) is 12.1 Å². The van der Waals surface area contributed by atoms with Gasteiger partial charge >= 0.3 is 0 Å². The molecule has 4 heteroatoms. The van der Waals surface area contributed by atoms with E-state index in [2.05, 4.69) is 5.32 Å². The van der Waals surface area contributed by atoms with E-state index < -0.39 is 5.91 Å². The van der Waals surface area contributed by atoms with Crippen LogP contribution in [0.1, 0.15) is 42.5 Å². The Morgan fingerprint density at radius 1 is 1.28 bits per heavy atom. The molecule has 4 nitrogen and oxygen atoms in total. The van der Waals surface area contributed by atoms with Gasteiger partial charge in [-0.15, -0.1) is 0 Å². The number of nitrogens with one attached hydrogen (secondary N) is 1. The van der Waals surface area contributed by atoms with E-state index in [-0.39, 0.29) is 12.1 Å². The van der Waals surface area contributed by atoms with Gasteiger partial charge in [-0.1, -0.05) is 25.3 Å². The average Bonchev–Trinajstić information content (AvgIpc) is 2.55. The minimum Gasteiger partial charge on any atom is -0.391 e. The van der Waals surface area contributed by atoms with Crippen molar-refractivity contribution in [3.63, 3.8) is 0 Å². The predicted molar refractivity (Wildman–Crippen MR) is 71.5 cm³/mol. The summed E-state index contributed by atoms with van der Waals surface area (Å²) in [6.07, 6.45) is 4.88. The monoisotopic (exact) mass is 248 g/mol. The molecular weight excluding hydrogens is 228 g/mol. The SMILES string of the molecule is NC(=O)c1cccc(NC2CCCCCC2O)c1. The zero-order chi connectivity index (χ0) is 13.0. The van der Waals surface area contributed by atoms with Gasteiger partial charge in [0.2, 0.25) is 5.91 Å². The van der Waals surface area contributed by atoms with Crippen molar-refractivity contribution in [2.24, 2.45) is 5.73 Å². The number of hydrogen-bond acceptors (Lipinski definition) is 3. The summed E-state index contributed by atoms with van der Waals surface area (Å²) in [6, 6.07) is 7.18. The minimum atomic E-state index is -0.430. The van der Waals surface area contributed by atoms with Crippen molar-refractivity contribution in [3.05, 3.63) is 29.8 Å². The Kier molecular flexibility index (Phi) is 4.20. The van der Waals surface area contributed by atoms with Crippen molar-refractivity contribution < 1.29 is 9.90 Å². The van der Waals surface area contributed by atoms with Crippen LogP contribution in [0.15, 0.2) is 24.3 Å². The van der Waals surface area contributed by atoms with Crippen molar-refractivity contribution in [1.29, 1.82) is 0 Å². The van der Waals surface area contributed by atoms with E-state index in [1.54, 1.807) is 18.2 Å². The molecule has 1 aliphatic rings. The van der Waals surface area contributed by atoms with Crippen LogP contribution in [0, 0.1) is 0 Å². The first-order valence-corrected chi connectivity index (χ1v) is 6.51. The maximum absolute atomic E-state index is 11.1. The van der Waals surface area contributed by atoms with Gasteiger partial charge in [0, 0.05) is 11.3 Å². The fourth-order valence-corrected chi connectivity index (χ4v) is 2.43. The van der Waals surface area contributed by atoms with E-state index in [9.17, 15) is 9.90 Å². The fraction of sp³-hybridized carbons (Fsp3) is 0.500. The van der Waals surface area contributed by atoms with Gasteiger partial charge < -0.3 is 16.2 Å². The molecule has 1 aliphatic carbocycles. The average molecular weight is 248 g/mol. The molecule has 0 spiro atoms. The third kappa shape index (κ3) is 3.23. The molecule has 98 valence electrons. The van der Waals surface area contributed by atoms with E-state index in [0.29, 0.717) is 5.56 Å². The molecule has 1 fully saturated rings. The number of primary amides is 1. The number of rotatable bonds is 3. The predicted octanol–water partition coefficient (Wildman–Crippen LogP) is 1.89. The van der Waals surface area contributed by atoms with Crippen molar-refractivity contribution in [2.45, 2.75) is 44.2 Å². The third-order valence-electron chi connectivity index (χ3n) is 3.48. The van der Waals surface area contributed by atoms with Crippen LogP contribution in [-0.4, -0.2) is 23.2 Å². The summed E-state index contributed by atoms with van der Waals surface area (Å²) in [7, 11) is 0. The number of anilines is 1. The van der Waals surface area contributed by atoms with Gasteiger partial charge in [0.15, 0.2) is 0 Å². The van der Waals surface area contributed by atoms with Crippen LogP contribution in [0.4, 0.5) is 5.69 Å². The van der Waals surface area contributed by atoms with Crippen molar-refractivity contribution >= 4 is 11.6 Å². The Bertz CT molecular complexity index is 420. The van der Waals surface area contributed by atoms with E-state index in [1.165, 1.54) is 6.42 Å². The molecule has 1 amide bonds. The molecule has 0 radical (unpaired) electrons. The Morgan fingerprint density at radius 2 is 2.06 bits per heavy atom. The van der Waals surface area contributed by atoms with Crippen LogP contribution in [-0.2, 0) is 0 Å². The lowest BCUT2D eigenvalue weighted by Crippen LogP contribution is -2.32. The summed E-state index contributed by atoms with van der Waals surface area (Å²) in [6.45, 7) is 0. The van der Waals surface area contributed by atoms with Crippen LogP contribution in [0.5, 0.6) is 0 Å². The highest BCUT2D eigenvalue weighted by molar-refractivity contribution is 5.93. The zero-order valence-electron chi connectivity index (χ0n) is 10.4. The molecular formula is C14H20N2O2. The number of carbonyl (C=O) groups excluding carboxylic acids is 1. The molecule has 2 atom stereocenters. The van der Waals surface area contributed by atoms with Gasteiger partial charge in [-0.2, -0.15) is 0 Å². The van der Waals surface area contributed by atoms with Crippen LogP contribution < -0.4 is 11.1 Å². The van der Waals surface area contributed by atoms with Crippen LogP contribution in [0.3, 0.4) is 0 Å². The summed E-state index contributed by atoms with van der Waals surface area (Å²) in [4.78, 5) is 11.1. The normalized spacial score (nSPS) is 24.3. The summed E-state index contributed by atoms with van der Waals surface area (Å²) in [5.41, 5.74) is 6.59. The second-order valence-electron chi connectivity index (χ2n) is 4.90. The summed E-state index contributed by atoms with van der Waals surface area (Å²) >= 11 is 0. The van der Waals surface area contributed by atoms with E-state index in [1.807, 2.05) is 6.07 Å². The van der Waals surface area contributed by atoms with Crippen LogP contribution in [0.2, 0.25) is 0 Å². The first kappa shape index (κ1) is 12.9. The lowest BCUT2D eigenvalue weighted by Gasteiger charge is -2.23. The van der Waals surface area contributed by atoms with Crippen molar-refractivity contribution in [3.8, 4) is 0 Å². The Hall–Kier alpha value is -1.55. The summed E-state index contributed by atoms with van der Waals surface area (Å²) in [5.74, 6) is -0.430. The molecule has 1 saturated carbocycles. The maximum Gasteiger partial charge on any atom is 0.248 e. The van der Waals surface area contributed by atoms with E-state index in [4.69, 9.17) is 5.73 Å². The number of aliphatic hydroxyl groups excluding tert-OH is 1. The quantitative estimate of drug-likeness (QED) is 0.715. The highest BCUT2D eigenvalue weighted by Gasteiger charge is 2.21. The first-order valence-electron chi connectivity index (χ1n) is 6.51. The molecule has 2 unspecified atom stereocenters. The lowest BCUT2D eigenvalue weighted by molar-refractivity contribution is 0.100. The largest absolute Gasteiger partial charge is 0.391 e. The molecule has 1 aromatic rings. The van der Waals surface area contributed by atoms with Gasteiger partial charge in [-0.25, -0.2) is 0 Å². The number of benzene rings is 1. The molecule has 0 heterocycles. The molecule has 2 rings (SSSR count). The van der Waals surface area contributed by atoms with Crippen molar-refractivity contribution in [2.75, 3.05) is 5.32 Å². The molecule has 0 bridgehead atoms. The van der Waals surface area contributed by atoms with Gasteiger partial charge in [0.25, 0.3) is 0 Å². The molecule has 0 aliphatic heterocycles. The standard InChI is InChI=1S/C14H20N2O2/c15-14(18)10-5-4-6-11(9-10)16-12-7-2-1-3-8-13(12)17/h4-6,9,12-13,16-17H,1-3,7-8H2,(H2,15,18).